The molecule has 0 atom stereocenters. The molecule has 0 bridgehead atoms. The van der Waals surface area contributed by atoms with Crippen molar-refractivity contribution in [1.82, 2.24) is 0 Å². The third-order valence-electron chi connectivity index (χ3n) is 6.81. The van der Waals surface area contributed by atoms with Gasteiger partial charge in [-0.1, -0.05) is 69.3 Å². The lowest BCUT2D eigenvalue weighted by atomic mass is 10.0. The van der Waals surface area contributed by atoms with Crippen molar-refractivity contribution in [3.8, 4) is 34.1 Å². The molecule has 0 aromatic heterocycles. The third-order valence-corrected chi connectivity index (χ3v) is 6.81. The highest BCUT2D eigenvalue weighted by molar-refractivity contribution is 5.88. The summed E-state index contributed by atoms with van der Waals surface area (Å²) in [4.78, 5) is 23.4. The van der Waals surface area contributed by atoms with Crippen molar-refractivity contribution in [1.29, 1.82) is 0 Å². The number of aliphatic hydroxyl groups is 2. The number of benzene rings is 3. The van der Waals surface area contributed by atoms with E-state index in [1.54, 1.807) is 18.2 Å². The van der Waals surface area contributed by atoms with Crippen molar-refractivity contribution in [3.05, 3.63) is 96.6 Å². The zero-order valence-electron chi connectivity index (χ0n) is 26.9. The molecule has 10 nitrogen and oxygen atoms in total. The van der Waals surface area contributed by atoms with Crippen LogP contribution >= 0.6 is 0 Å². The fraction of sp³-hybridized carbons (Fsp3) is 0.351. The maximum absolute atomic E-state index is 11.7. The molecule has 0 aliphatic rings. The first kappa shape index (κ1) is 36.7. The molecule has 0 heterocycles. The number of rotatable bonds is 22. The molecule has 0 aliphatic carbocycles. The van der Waals surface area contributed by atoms with Gasteiger partial charge in [-0.3, -0.25) is 0 Å². The van der Waals surface area contributed by atoms with Gasteiger partial charge < -0.3 is 38.6 Å². The van der Waals surface area contributed by atoms with Crippen LogP contribution in [0.2, 0.25) is 0 Å². The van der Waals surface area contributed by atoms with Crippen LogP contribution in [0.25, 0.3) is 11.1 Å². The number of hydrogen-bond acceptors (Lipinski definition) is 10. The minimum Gasteiger partial charge on any atom is -0.490 e. The number of esters is 2. The van der Waals surface area contributed by atoms with Gasteiger partial charge in [0.25, 0.3) is 0 Å². The molecule has 0 radical (unpaired) electrons. The smallest absolute Gasteiger partial charge is 0.335 e. The maximum Gasteiger partial charge on any atom is 0.335 e. The zero-order valence-corrected chi connectivity index (χ0v) is 26.9. The molecule has 3 rings (SSSR count). The van der Waals surface area contributed by atoms with Crippen LogP contribution in [-0.4, -0.2) is 75.0 Å². The average molecular weight is 649 g/mol. The Morgan fingerprint density at radius 3 is 1.40 bits per heavy atom. The van der Waals surface area contributed by atoms with Crippen LogP contribution in [0.15, 0.2) is 91.0 Å². The summed E-state index contributed by atoms with van der Waals surface area (Å²) in [5.41, 5.74) is 3.51. The predicted octanol–water partition coefficient (Wildman–Crippen LogP) is 5.49. The number of aliphatic hydroxyl groups excluding tert-OH is 2. The van der Waals surface area contributed by atoms with Gasteiger partial charge in [0.05, 0.1) is 24.4 Å². The van der Waals surface area contributed by atoms with E-state index in [4.69, 9.17) is 38.6 Å². The van der Waals surface area contributed by atoms with Gasteiger partial charge in [-0.2, -0.15) is 0 Å². The number of aryl methyl sites for hydroxylation is 1. The lowest BCUT2D eigenvalue weighted by molar-refractivity contribution is -0.141. The van der Waals surface area contributed by atoms with Crippen molar-refractivity contribution in [2.24, 2.45) is 0 Å². The Morgan fingerprint density at radius 2 is 0.979 bits per heavy atom. The van der Waals surface area contributed by atoms with Gasteiger partial charge in [-0.15, -0.1) is 0 Å². The second-order valence-corrected chi connectivity index (χ2v) is 10.5. The van der Waals surface area contributed by atoms with Gasteiger partial charge >= 0.3 is 11.9 Å². The summed E-state index contributed by atoms with van der Waals surface area (Å²) in [5.74, 6) is 0.489. The zero-order chi connectivity index (χ0) is 33.9. The molecule has 0 unspecified atom stereocenters. The SMILES string of the molecule is C=C(CO)C(=O)OCCOc1cc(OCCOC(=O)C(=C)CO)cc(OCCOc2ccc(-c3ccc(CCCCC)cc3)cc2)c1. The monoisotopic (exact) mass is 648 g/mol. The van der Waals surface area contributed by atoms with E-state index in [2.05, 4.69) is 44.3 Å². The van der Waals surface area contributed by atoms with Crippen molar-refractivity contribution < 1.29 is 48.2 Å². The van der Waals surface area contributed by atoms with Gasteiger partial charge in [0.2, 0.25) is 0 Å². The van der Waals surface area contributed by atoms with E-state index in [1.165, 1.54) is 24.8 Å². The number of carbonyl (C=O) groups excluding carboxylic acids is 2. The van der Waals surface area contributed by atoms with E-state index in [9.17, 15) is 9.59 Å². The fourth-order valence-corrected chi connectivity index (χ4v) is 4.22. The molecule has 0 aliphatic heterocycles. The molecule has 2 N–H and O–H groups in total. The van der Waals surface area contributed by atoms with Gasteiger partial charge in [0, 0.05) is 18.2 Å². The minimum atomic E-state index is -0.711. The molecule has 252 valence electrons. The topological polar surface area (TPSA) is 130 Å². The third kappa shape index (κ3) is 13.2. The highest BCUT2D eigenvalue weighted by atomic mass is 16.6. The van der Waals surface area contributed by atoms with Gasteiger partial charge in [0.15, 0.2) is 0 Å². The number of hydrogen-bond donors (Lipinski definition) is 2. The Bertz CT molecular complexity index is 1380. The van der Waals surface area contributed by atoms with E-state index in [1.807, 2.05) is 24.3 Å². The fourth-order valence-electron chi connectivity index (χ4n) is 4.22. The van der Waals surface area contributed by atoms with Crippen LogP contribution in [0, 0.1) is 0 Å². The van der Waals surface area contributed by atoms with E-state index >= 15 is 0 Å². The molecule has 3 aromatic rings. The molecule has 3 aromatic carbocycles. The average Bonchev–Trinajstić information content (AvgIpc) is 3.10. The second-order valence-electron chi connectivity index (χ2n) is 10.5. The second kappa shape index (κ2) is 20.3. The summed E-state index contributed by atoms with van der Waals surface area (Å²) in [6.45, 7) is 8.48. The van der Waals surface area contributed by atoms with Crippen LogP contribution in [0.3, 0.4) is 0 Å². The lowest BCUT2D eigenvalue weighted by Crippen LogP contribution is -2.15. The van der Waals surface area contributed by atoms with Crippen molar-refractivity contribution >= 4 is 11.9 Å². The van der Waals surface area contributed by atoms with Crippen LogP contribution in [0.5, 0.6) is 23.0 Å². The predicted molar refractivity (Wildman–Crippen MR) is 178 cm³/mol. The Morgan fingerprint density at radius 1 is 0.574 bits per heavy atom. The number of unbranched alkanes of at least 4 members (excludes halogenated alkanes) is 2. The summed E-state index contributed by atoms with van der Waals surface area (Å²) < 4.78 is 33.2. The van der Waals surface area contributed by atoms with E-state index < -0.39 is 25.2 Å². The van der Waals surface area contributed by atoms with Crippen molar-refractivity contribution in [3.63, 3.8) is 0 Å². The van der Waals surface area contributed by atoms with Crippen LogP contribution in [0.4, 0.5) is 0 Å². The van der Waals surface area contributed by atoms with Crippen LogP contribution in [-0.2, 0) is 25.5 Å². The molecule has 0 amide bonds. The van der Waals surface area contributed by atoms with Crippen molar-refractivity contribution in [2.45, 2.75) is 32.6 Å². The minimum absolute atomic E-state index is 0.0242. The Hall–Kier alpha value is -4.80. The molecule has 0 fully saturated rings. The Kier molecular flexibility index (Phi) is 15.9. The summed E-state index contributed by atoms with van der Waals surface area (Å²) in [6, 6.07) is 21.5. The Balaban J connectivity index is 1.52. The van der Waals surface area contributed by atoms with Gasteiger partial charge in [-0.05, 0) is 41.7 Å². The first-order chi connectivity index (χ1) is 22.8. The highest BCUT2D eigenvalue weighted by Gasteiger charge is 2.10. The summed E-state index contributed by atoms with van der Waals surface area (Å²) in [5, 5.41) is 18.0. The summed E-state index contributed by atoms with van der Waals surface area (Å²) >= 11 is 0. The Labute approximate surface area is 276 Å². The molecule has 0 saturated carbocycles. The van der Waals surface area contributed by atoms with Gasteiger partial charge in [-0.25, -0.2) is 9.59 Å². The lowest BCUT2D eigenvalue weighted by Gasteiger charge is -2.14. The van der Waals surface area contributed by atoms with Crippen molar-refractivity contribution in [2.75, 3.05) is 52.9 Å². The van der Waals surface area contributed by atoms with E-state index in [-0.39, 0.29) is 50.8 Å². The number of carbonyl (C=O) groups is 2. The first-order valence-corrected chi connectivity index (χ1v) is 15.6. The van der Waals surface area contributed by atoms with Gasteiger partial charge in [0.1, 0.15) is 62.6 Å². The molecule has 47 heavy (non-hydrogen) atoms. The molecule has 0 spiro atoms. The van der Waals surface area contributed by atoms with Crippen LogP contribution < -0.4 is 18.9 Å². The first-order valence-electron chi connectivity index (χ1n) is 15.6. The normalized spacial score (nSPS) is 10.5. The summed E-state index contributed by atoms with van der Waals surface area (Å²) in [6.07, 6.45) is 4.79. The van der Waals surface area contributed by atoms with E-state index in [0.29, 0.717) is 23.0 Å². The molecular weight excluding hydrogens is 604 g/mol. The molecule has 10 heteroatoms. The maximum atomic E-state index is 11.7. The highest BCUT2D eigenvalue weighted by Crippen LogP contribution is 2.28. The van der Waals surface area contributed by atoms with Crippen LogP contribution in [0.1, 0.15) is 31.7 Å². The number of ether oxygens (including phenoxy) is 6. The molecular formula is C37H44O10. The van der Waals surface area contributed by atoms with E-state index in [0.717, 1.165) is 17.5 Å². The standard InChI is InChI=1S/C37H44O10/c1-4-5-6-7-29-8-10-30(11-9-29)31-12-14-32(15-13-31)42-16-17-43-33-22-34(44-18-20-46-36(40)27(2)25-38)24-35(23-33)45-19-21-47-37(41)28(3)26-39/h8-15,22-24,38-39H,2-7,16-21,25-26H2,1H3. The quantitative estimate of drug-likeness (QED) is 0.0820. The molecule has 0 saturated heterocycles. The largest absolute Gasteiger partial charge is 0.490 e. The summed E-state index contributed by atoms with van der Waals surface area (Å²) in [7, 11) is 0.